The third-order valence-corrected chi connectivity index (χ3v) is 4.64. The van der Waals surface area contributed by atoms with E-state index in [-0.39, 0.29) is 18.0 Å². The van der Waals surface area contributed by atoms with E-state index in [2.05, 4.69) is 29.2 Å². The minimum absolute atomic E-state index is 0.0612. The molecule has 0 radical (unpaired) electrons. The Labute approximate surface area is 126 Å². The zero-order valence-corrected chi connectivity index (χ0v) is 12.6. The van der Waals surface area contributed by atoms with Crippen LogP contribution in [0.1, 0.15) is 30.1 Å². The molecule has 0 spiro atoms. The first kappa shape index (κ1) is 14.5. The van der Waals surface area contributed by atoms with Crippen molar-refractivity contribution >= 4 is 5.97 Å². The first-order valence-electron chi connectivity index (χ1n) is 7.77. The van der Waals surface area contributed by atoms with Crippen molar-refractivity contribution in [1.82, 2.24) is 4.90 Å². The Kier molecular flexibility index (Phi) is 4.56. The fourth-order valence-corrected chi connectivity index (χ4v) is 3.38. The number of methoxy groups -OCH3 is 1. The quantitative estimate of drug-likeness (QED) is 0.800. The number of hydrogen-bond donors (Lipinski definition) is 0. The maximum atomic E-state index is 11.6. The largest absolute Gasteiger partial charge is 0.469 e. The zero-order valence-electron chi connectivity index (χ0n) is 12.6. The highest BCUT2D eigenvalue weighted by Gasteiger charge is 2.28. The van der Waals surface area contributed by atoms with Gasteiger partial charge < -0.3 is 14.4 Å². The van der Waals surface area contributed by atoms with E-state index < -0.39 is 0 Å². The molecule has 0 bridgehead atoms. The number of nitrogens with zero attached hydrogens (tertiary/aromatic N) is 1. The van der Waals surface area contributed by atoms with Gasteiger partial charge in [0.1, 0.15) is 0 Å². The SMILES string of the molecule is COC(=O)C1CCN(CC2OCCc3ccccc32)CC1. The molecule has 4 nitrogen and oxygen atoms in total. The predicted octanol–water partition coefficient (Wildman–Crippen LogP) is 2.19. The van der Waals surface area contributed by atoms with E-state index in [1.54, 1.807) is 0 Å². The molecular weight excluding hydrogens is 266 g/mol. The summed E-state index contributed by atoms with van der Waals surface area (Å²) in [6.07, 6.45) is 2.96. The molecule has 3 rings (SSSR count). The van der Waals surface area contributed by atoms with Gasteiger partial charge in [0, 0.05) is 6.54 Å². The number of carbonyl (C=O) groups is 1. The smallest absolute Gasteiger partial charge is 0.308 e. The summed E-state index contributed by atoms with van der Waals surface area (Å²) in [5.74, 6) is 0.0136. The predicted molar refractivity (Wildman–Crippen MR) is 80.0 cm³/mol. The number of esters is 1. The molecule has 0 aromatic heterocycles. The van der Waals surface area contributed by atoms with Crippen molar-refractivity contribution in [2.45, 2.75) is 25.4 Å². The molecule has 4 heteroatoms. The number of rotatable bonds is 3. The number of piperidine rings is 1. The van der Waals surface area contributed by atoms with Crippen LogP contribution in [0.2, 0.25) is 0 Å². The van der Waals surface area contributed by atoms with Crippen LogP contribution >= 0.6 is 0 Å². The lowest BCUT2D eigenvalue weighted by molar-refractivity contribution is -0.147. The van der Waals surface area contributed by atoms with Crippen LogP contribution in [0.15, 0.2) is 24.3 Å². The summed E-state index contributed by atoms with van der Waals surface area (Å²) in [4.78, 5) is 14.0. The van der Waals surface area contributed by atoms with Crippen LogP contribution in [0.5, 0.6) is 0 Å². The molecule has 2 aliphatic rings. The van der Waals surface area contributed by atoms with Gasteiger partial charge in [-0.05, 0) is 43.5 Å². The van der Waals surface area contributed by atoms with Crippen molar-refractivity contribution in [2.75, 3.05) is 33.4 Å². The van der Waals surface area contributed by atoms with Crippen LogP contribution < -0.4 is 0 Å². The lowest BCUT2D eigenvalue weighted by Crippen LogP contribution is -2.40. The van der Waals surface area contributed by atoms with E-state index in [0.717, 1.165) is 45.5 Å². The number of fused-ring (bicyclic) bond motifs is 1. The second-order valence-electron chi connectivity index (χ2n) is 5.91. The molecule has 2 aliphatic heterocycles. The molecule has 0 saturated carbocycles. The van der Waals surface area contributed by atoms with E-state index in [0.29, 0.717) is 0 Å². The highest BCUT2D eigenvalue weighted by atomic mass is 16.5. The molecule has 1 aromatic carbocycles. The van der Waals surface area contributed by atoms with Crippen molar-refractivity contribution in [1.29, 1.82) is 0 Å². The van der Waals surface area contributed by atoms with E-state index in [1.165, 1.54) is 18.2 Å². The van der Waals surface area contributed by atoms with E-state index in [1.807, 2.05) is 0 Å². The number of hydrogen-bond acceptors (Lipinski definition) is 4. The maximum Gasteiger partial charge on any atom is 0.308 e. The summed E-state index contributed by atoms with van der Waals surface area (Å²) >= 11 is 0. The summed E-state index contributed by atoms with van der Waals surface area (Å²) < 4.78 is 10.8. The van der Waals surface area contributed by atoms with Crippen LogP contribution in [0.3, 0.4) is 0 Å². The molecule has 1 saturated heterocycles. The van der Waals surface area contributed by atoms with Crippen molar-refractivity contribution in [3.8, 4) is 0 Å². The van der Waals surface area contributed by atoms with Gasteiger partial charge >= 0.3 is 5.97 Å². The Morgan fingerprint density at radius 3 is 2.86 bits per heavy atom. The lowest BCUT2D eigenvalue weighted by Gasteiger charge is -2.35. The van der Waals surface area contributed by atoms with Crippen LogP contribution in [-0.2, 0) is 20.7 Å². The normalized spacial score (nSPS) is 23.6. The van der Waals surface area contributed by atoms with Gasteiger partial charge in [-0.3, -0.25) is 4.79 Å². The van der Waals surface area contributed by atoms with Crippen LogP contribution in [0.25, 0.3) is 0 Å². The molecule has 21 heavy (non-hydrogen) atoms. The topological polar surface area (TPSA) is 38.8 Å². The molecule has 0 aliphatic carbocycles. The van der Waals surface area contributed by atoms with Crippen molar-refractivity contribution in [3.05, 3.63) is 35.4 Å². The lowest BCUT2D eigenvalue weighted by atomic mass is 9.94. The number of carbonyl (C=O) groups excluding carboxylic acids is 1. The van der Waals surface area contributed by atoms with Gasteiger partial charge in [0.15, 0.2) is 0 Å². The highest BCUT2D eigenvalue weighted by Crippen LogP contribution is 2.29. The third-order valence-electron chi connectivity index (χ3n) is 4.64. The zero-order chi connectivity index (χ0) is 14.7. The molecule has 0 N–H and O–H groups in total. The van der Waals surface area contributed by atoms with E-state index in [4.69, 9.17) is 9.47 Å². The van der Waals surface area contributed by atoms with Gasteiger partial charge in [-0.15, -0.1) is 0 Å². The van der Waals surface area contributed by atoms with Gasteiger partial charge in [-0.25, -0.2) is 0 Å². The van der Waals surface area contributed by atoms with Crippen LogP contribution in [-0.4, -0.2) is 44.2 Å². The first-order valence-corrected chi connectivity index (χ1v) is 7.77. The Hall–Kier alpha value is -1.39. The standard InChI is InChI=1S/C17H23NO3/c1-20-17(19)14-6-9-18(10-7-14)12-16-15-5-3-2-4-13(15)8-11-21-16/h2-5,14,16H,6-12H2,1H3. The molecule has 114 valence electrons. The fourth-order valence-electron chi connectivity index (χ4n) is 3.38. The second kappa shape index (κ2) is 6.58. The maximum absolute atomic E-state index is 11.6. The van der Waals surface area contributed by atoms with Gasteiger partial charge in [-0.2, -0.15) is 0 Å². The van der Waals surface area contributed by atoms with E-state index in [9.17, 15) is 4.79 Å². The summed E-state index contributed by atoms with van der Waals surface area (Å²) in [6.45, 7) is 3.62. The fraction of sp³-hybridized carbons (Fsp3) is 0.588. The first-order chi connectivity index (χ1) is 10.3. The van der Waals surface area contributed by atoms with Crippen molar-refractivity contribution in [3.63, 3.8) is 0 Å². The molecule has 1 unspecified atom stereocenters. The number of benzene rings is 1. The monoisotopic (exact) mass is 289 g/mol. The minimum Gasteiger partial charge on any atom is -0.469 e. The van der Waals surface area contributed by atoms with Gasteiger partial charge in [-0.1, -0.05) is 24.3 Å². The Bertz CT molecular complexity index is 495. The molecule has 0 amide bonds. The Balaban J connectivity index is 1.58. The summed E-state index contributed by atoms with van der Waals surface area (Å²) in [5.41, 5.74) is 2.75. The van der Waals surface area contributed by atoms with Gasteiger partial charge in [0.25, 0.3) is 0 Å². The minimum atomic E-state index is -0.0612. The molecular formula is C17H23NO3. The second-order valence-corrected chi connectivity index (χ2v) is 5.91. The molecule has 2 heterocycles. The van der Waals surface area contributed by atoms with Crippen LogP contribution in [0, 0.1) is 5.92 Å². The molecule has 1 atom stereocenters. The average molecular weight is 289 g/mol. The number of likely N-dealkylation sites (tertiary alicyclic amines) is 1. The highest BCUT2D eigenvalue weighted by molar-refractivity contribution is 5.72. The van der Waals surface area contributed by atoms with Crippen molar-refractivity contribution < 1.29 is 14.3 Å². The molecule has 1 fully saturated rings. The molecule has 1 aromatic rings. The van der Waals surface area contributed by atoms with Gasteiger partial charge in [0.2, 0.25) is 0 Å². The summed E-state index contributed by atoms with van der Waals surface area (Å²) in [7, 11) is 1.47. The summed E-state index contributed by atoms with van der Waals surface area (Å²) in [6, 6.07) is 8.57. The Morgan fingerprint density at radius 1 is 1.33 bits per heavy atom. The van der Waals surface area contributed by atoms with E-state index >= 15 is 0 Å². The Morgan fingerprint density at radius 2 is 2.10 bits per heavy atom. The van der Waals surface area contributed by atoms with Crippen LogP contribution in [0.4, 0.5) is 0 Å². The van der Waals surface area contributed by atoms with Gasteiger partial charge in [0.05, 0.1) is 25.7 Å². The number of ether oxygens (including phenoxy) is 2. The van der Waals surface area contributed by atoms with Crippen molar-refractivity contribution in [2.24, 2.45) is 5.92 Å². The average Bonchev–Trinajstić information content (AvgIpc) is 2.55. The third kappa shape index (κ3) is 3.27. The summed E-state index contributed by atoms with van der Waals surface area (Å²) in [5, 5.41) is 0.